The SMILES string of the molecule is CC(C)Cn1ncnc1CC(CC(C)C(C)(C)C)NN. The second-order valence-corrected chi connectivity index (χ2v) is 7.32. The Kier molecular flexibility index (Phi) is 6.14. The monoisotopic (exact) mass is 281 g/mol. The van der Waals surface area contributed by atoms with Crippen LogP contribution in [0.3, 0.4) is 0 Å². The second kappa shape index (κ2) is 7.18. The molecule has 2 unspecified atom stereocenters. The van der Waals surface area contributed by atoms with Crippen molar-refractivity contribution in [3.63, 3.8) is 0 Å². The molecule has 0 bridgehead atoms. The quantitative estimate of drug-likeness (QED) is 0.595. The summed E-state index contributed by atoms with van der Waals surface area (Å²) in [6, 6.07) is 0.235. The highest BCUT2D eigenvalue weighted by Gasteiger charge is 2.24. The van der Waals surface area contributed by atoms with Gasteiger partial charge >= 0.3 is 0 Å². The molecule has 5 heteroatoms. The molecule has 0 aliphatic rings. The Bertz CT molecular complexity index is 391. The van der Waals surface area contributed by atoms with Crippen molar-refractivity contribution in [1.29, 1.82) is 0 Å². The van der Waals surface area contributed by atoms with Crippen LogP contribution in [0.15, 0.2) is 6.33 Å². The summed E-state index contributed by atoms with van der Waals surface area (Å²) in [7, 11) is 0. The van der Waals surface area contributed by atoms with Crippen LogP contribution in [0, 0.1) is 17.3 Å². The molecule has 0 radical (unpaired) electrons. The Morgan fingerprint density at radius 1 is 1.30 bits per heavy atom. The average Bonchev–Trinajstić information content (AvgIpc) is 2.73. The van der Waals surface area contributed by atoms with Gasteiger partial charge in [-0.15, -0.1) is 0 Å². The van der Waals surface area contributed by atoms with E-state index >= 15 is 0 Å². The highest BCUT2D eigenvalue weighted by atomic mass is 15.3. The highest BCUT2D eigenvalue weighted by molar-refractivity contribution is 4.91. The van der Waals surface area contributed by atoms with Crippen LogP contribution in [0.5, 0.6) is 0 Å². The molecule has 0 spiro atoms. The van der Waals surface area contributed by atoms with Crippen molar-refractivity contribution in [3.05, 3.63) is 12.2 Å². The van der Waals surface area contributed by atoms with E-state index in [9.17, 15) is 0 Å². The number of rotatable bonds is 7. The molecular formula is C15H31N5. The van der Waals surface area contributed by atoms with Crippen molar-refractivity contribution < 1.29 is 0 Å². The fourth-order valence-electron chi connectivity index (χ4n) is 2.16. The average molecular weight is 281 g/mol. The molecule has 0 amide bonds. The van der Waals surface area contributed by atoms with Gasteiger partial charge in [0.25, 0.3) is 0 Å². The first kappa shape index (κ1) is 17.1. The molecule has 20 heavy (non-hydrogen) atoms. The van der Waals surface area contributed by atoms with Gasteiger partial charge in [0.05, 0.1) is 0 Å². The normalized spacial score (nSPS) is 15.6. The van der Waals surface area contributed by atoms with Gasteiger partial charge in [0.1, 0.15) is 12.2 Å². The van der Waals surface area contributed by atoms with Crippen LogP contribution < -0.4 is 11.3 Å². The van der Waals surface area contributed by atoms with Crippen molar-refractivity contribution in [2.24, 2.45) is 23.1 Å². The molecule has 3 N–H and O–H groups in total. The van der Waals surface area contributed by atoms with Crippen molar-refractivity contribution in [2.45, 2.75) is 67.0 Å². The summed E-state index contributed by atoms with van der Waals surface area (Å²) >= 11 is 0. The zero-order valence-electron chi connectivity index (χ0n) is 13.8. The maximum absolute atomic E-state index is 5.72. The van der Waals surface area contributed by atoms with Gasteiger partial charge in [-0.05, 0) is 23.7 Å². The predicted octanol–water partition coefficient (Wildman–Crippen LogP) is 2.38. The number of nitrogens with two attached hydrogens (primary N) is 1. The minimum Gasteiger partial charge on any atom is -0.271 e. The zero-order chi connectivity index (χ0) is 15.3. The van der Waals surface area contributed by atoms with E-state index in [0.717, 1.165) is 25.2 Å². The molecule has 0 aromatic carbocycles. The lowest BCUT2D eigenvalue weighted by atomic mass is 9.78. The van der Waals surface area contributed by atoms with Gasteiger partial charge in [0.2, 0.25) is 0 Å². The molecule has 1 heterocycles. The molecule has 2 atom stereocenters. The summed E-state index contributed by atoms with van der Waals surface area (Å²) in [4.78, 5) is 4.38. The summed E-state index contributed by atoms with van der Waals surface area (Å²) in [5.41, 5.74) is 3.24. The van der Waals surface area contributed by atoms with Crippen LogP contribution >= 0.6 is 0 Å². The van der Waals surface area contributed by atoms with E-state index < -0.39 is 0 Å². The molecule has 0 saturated carbocycles. The van der Waals surface area contributed by atoms with E-state index in [-0.39, 0.29) is 6.04 Å². The van der Waals surface area contributed by atoms with Crippen LogP contribution in [0.2, 0.25) is 0 Å². The lowest BCUT2D eigenvalue weighted by Gasteiger charge is -2.30. The Morgan fingerprint density at radius 3 is 2.45 bits per heavy atom. The lowest BCUT2D eigenvalue weighted by Crippen LogP contribution is -2.40. The molecule has 0 fully saturated rings. The van der Waals surface area contributed by atoms with E-state index in [0.29, 0.717) is 17.3 Å². The molecule has 116 valence electrons. The van der Waals surface area contributed by atoms with Crippen molar-refractivity contribution in [3.8, 4) is 0 Å². The number of hydrogen-bond donors (Lipinski definition) is 2. The molecule has 0 aliphatic carbocycles. The summed E-state index contributed by atoms with van der Waals surface area (Å²) in [5.74, 6) is 7.89. The fraction of sp³-hybridized carbons (Fsp3) is 0.867. The summed E-state index contributed by atoms with van der Waals surface area (Å²) in [6.07, 6.45) is 3.50. The van der Waals surface area contributed by atoms with Crippen molar-refractivity contribution in [2.75, 3.05) is 0 Å². The van der Waals surface area contributed by atoms with Gasteiger partial charge in [0, 0.05) is 19.0 Å². The molecule has 1 aromatic rings. The Balaban J connectivity index is 2.67. The minimum atomic E-state index is 0.235. The first-order valence-corrected chi connectivity index (χ1v) is 7.56. The third kappa shape index (κ3) is 5.21. The third-order valence-corrected chi connectivity index (χ3v) is 4.01. The highest BCUT2D eigenvalue weighted by Crippen LogP contribution is 2.29. The number of hydrogen-bond acceptors (Lipinski definition) is 4. The Labute approximate surface area is 123 Å². The maximum Gasteiger partial charge on any atom is 0.138 e. The number of nitrogens with one attached hydrogen (secondary N) is 1. The number of hydrazine groups is 1. The summed E-state index contributed by atoms with van der Waals surface area (Å²) in [5, 5.41) is 4.31. The van der Waals surface area contributed by atoms with Gasteiger partial charge in [-0.1, -0.05) is 41.5 Å². The van der Waals surface area contributed by atoms with Gasteiger partial charge in [0.15, 0.2) is 0 Å². The van der Waals surface area contributed by atoms with E-state index in [2.05, 4.69) is 57.1 Å². The molecule has 1 aromatic heterocycles. The molecule has 1 rings (SSSR count). The molecule has 0 aliphatic heterocycles. The fourth-order valence-corrected chi connectivity index (χ4v) is 2.16. The molecule has 5 nitrogen and oxygen atoms in total. The summed E-state index contributed by atoms with van der Waals surface area (Å²) < 4.78 is 2.00. The van der Waals surface area contributed by atoms with Crippen LogP contribution in [0.1, 0.15) is 53.8 Å². The van der Waals surface area contributed by atoms with Crippen LogP contribution in [0.4, 0.5) is 0 Å². The van der Waals surface area contributed by atoms with E-state index in [1.807, 2.05) is 4.68 Å². The smallest absolute Gasteiger partial charge is 0.138 e. The zero-order valence-corrected chi connectivity index (χ0v) is 13.8. The predicted molar refractivity (Wildman–Crippen MR) is 82.9 cm³/mol. The van der Waals surface area contributed by atoms with E-state index in [1.165, 1.54) is 0 Å². The Morgan fingerprint density at radius 2 is 1.95 bits per heavy atom. The molecule has 0 saturated heterocycles. The van der Waals surface area contributed by atoms with Crippen LogP contribution in [-0.2, 0) is 13.0 Å². The first-order valence-electron chi connectivity index (χ1n) is 7.56. The van der Waals surface area contributed by atoms with E-state index in [1.54, 1.807) is 6.33 Å². The number of nitrogens with zero attached hydrogens (tertiary/aromatic N) is 3. The van der Waals surface area contributed by atoms with Gasteiger partial charge in [-0.25, -0.2) is 9.67 Å². The van der Waals surface area contributed by atoms with Crippen molar-refractivity contribution in [1.82, 2.24) is 20.2 Å². The first-order chi connectivity index (χ1) is 9.24. The minimum absolute atomic E-state index is 0.235. The third-order valence-electron chi connectivity index (χ3n) is 4.01. The number of aromatic nitrogens is 3. The van der Waals surface area contributed by atoms with Crippen molar-refractivity contribution >= 4 is 0 Å². The topological polar surface area (TPSA) is 68.8 Å². The largest absolute Gasteiger partial charge is 0.271 e. The standard InChI is InChI=1S/C15H31N5/c1-11(2)9-20-14(17-10-18-20)8-13(19-16)7-12(3)15(4,5)6/h10-13,19H,7-9,16H2,1-6H3. The second-order valence-electron chi connectivity index (χ2n) is 7.32. The van der Waals surface area contributed by atoms with E-state index in [4.69, 9.17) is 5.84 Å². The van der Waals surface area contributed by atoms with Crippen LogP contribution in [-0.4, -0.2) is 20.8 Å². The molecular weight excluding hydrogens is 250 g/mol. The maximum atomic E-state index is 5.72. The Hall–Kier alpha value is -0.940. The lowest BCUT2D eigenvalue weighted by molar-refractivity contribution is 0.221. The van der Waals surface area contributed by atoms with Crippen LogP contribution in [0.25, 0.3) is 0 Å². The van der Waals surface area contributed by atoms with Gasteiger partial charge in [-0.2, -0.15) is 5.10 Å². The summed E-state index contributed by atoms with van der Waals surface area (Å²) in [6.45, 7) is 14.4. The van der Waals surface area contributed by atoms with Gasteiger partial charge in [-0.3, -0.25) is 11.3 Å². The van der Waals surface area contributed by atoms with Gasteiger partial charge < -0.3 is 0 Å².